The largest absolute Gasteiger partial charge is 0.439 e. The van der Waals surface area contributed by atoms with Crippen LogP contribution in [0.2, 0.25) is 5.02 Å². The molecule has 0 spiro atoms. The van der Waals surface area contributed by atoms with Gasteiger partial charge in [0.2, 0.25) is 5.88 Å². The van der Waals surface area contributed by atoms with Crippen LogP contribution in [0.1, 0.15) is 5.56 Å². The lowest BCUT2D eigenvalue weighted by Gasteiger charge is -2.09. The predicted molar refractivity (Wildman–Crippen MR) is 69.3 cm³/mol. The van der Waals surface area contributed by atoms with E-state index in [-0.39, 0.29) is 5.82 Å². The van der Waals surface area contributed by atoms with Crippen LogP contribution >= 0.6 is 11.6 Å². The van der Waals surface area contributed by atoms with Gasteiger partial charge in [0.05, 0.1) is 5.69 Å². The Balaban J connectivity index is 2.28. The molecule has 2 rings (SSSR count). The molecule has 1 heterocycles. The number of benzene rings is 1. The molecule has 0 radical (unpaired) electrons. The summed E-state index contributed by atoms with van der Waals surface area (Å²) in [6.45, 7) is 1.90. The van der Waals surface area contributed by atoms with Gasteiger partial charge in [0.25, 0.3) is 0 Å². The standard InChI is InChI=1S/C12H12ClN3O/c1-7-6-8(13)2-4-10(7)17-11-5-3-9(14)12(15)16-11/h2-6H,14H2,1H3,(H2,15,16). The molecule has 0 bridgehead atoms. The van der Waals surface area contributed by atoms with Gasteiger partial charge in [-0.15, -0.1) is 0 Å². The predicted octanol–water partition coefficient (Wildman–Crippen LogP) is 3.00. The SMILES string of the molecule is Cc1cc(Cl)ccc1Oc1ccc(N)c(N)n1. The summed E-state index contributed by atoms with van der Waals surface area (Å²) in [6, 6.07) is 8.68. The van der Waals surface area contributed by atoms with E-state index in [0.29, 0.717) is 22.3 Å². The monoisotopic (exact) mass is 249 g/mol. The maximum Gasteiger partial charge on any atom is 0.221 e. The van der Waals surface area contributed by atoms with Crippen molar-refractivity contribution in [3.05, 3.63) is 40.9 Å². The van der Waals surface area contributed by atoms with Gasteiger partial charge in [0.1, 0.15) is 5.75 Å². The molecule has 0 atom stereocenters. The normalized spacial score (nSPS) is 10.2. The highest BCUT2D eigenvalue weighted by Crippen LogP contribution is 2.27. The third-order valence-corrected chi connectivity index (χ3v) is 2.52. The summed E-state index contributed by atoms with van der Waals surface area (Å²) in [6.07, 6.45) is 0. The number of hydrogen-bond acceptors (Lipinski definition) is 4. The maximum atomic E-state index is 5.86. The summed E-state index contributed by atoms with van der Waals surface area (Å²) in [5, 5.41) is 0.666. The van der Waals surface area contributed by atoms with Gasteiger partial charge >= 0.3 is 0 Å². The summed E-state index contributed by atoms with van der Waals surface area (Å²) in [5.74, 6) is 1.35. The van der Waals surface area contributed by atoms with Crippen LogP contribution in [0.5, 0.6) is 11.6 Å². The number of anilines is 2. The number of pyridine rings is 1. The Morgan fingerprint density at radius 2 is 1.94 bits per heavy atom. The maximum absolute atomic E-state index is 5.86. The Kier molecular flexibility index (Phi) is 3.06. The average Bonchev–Trinajstić information content (AvgIpc) is 2.27. The molecule has 0 aliphatic rings. The Hall–Kier alpha value is -1.94. The van der Waals surface area contributed by atoms with Gasteiger partial charge in [0, 0.05) is 11.1 Å². The molecular formula is C12H12ClN3O. The van der Waals surface area contributed by atoms with Crippen molar-refractivity contribution in [2.24, 2.45) is 0 Å². The Morgan fingerprint density at radius 1 is 1.18 bits per heavy atom. The molecule has 1 aromatic carbocycles. The van der Waals surface area contributed by atoms with Crippen molar-refractivity contribution >= 4 is 23.1 Å². The zero-order valence-corrected chi connectivity index (χ0v) is 10.0. The third kappa shape index (κ3) is 2.60. The first-order valence-electron chi connectivity index (χ1n) is 5.02. The Labute approximate surface area is 104 Å². The zero-order chi connectivity index (χ0) is 12.4. The van der Waals surface area contributed by atoms with Gasteiger partial charge in [-0.2, -0.15) is 4.98 Å². The zero-order valence-electron chi connectivity index (χ0n) is 9.27. The number of halogens is 1. The third-order valence-electron chi connectivity index (χ3n) is 2.28. The van der Waals surface area contributed by atoms with E-state index in [4.69, 9.17) is 27.8 Å². The van der Waals surface area contributed by atoms with Gasteiger partial charge < -0.3 is 16.2 Å². The van der Waals surface area contributed by atoms with Crippen LogP contribution in [0, 0.1) is 6.92 Å². The van der Waals surface area contributed by atoms with Crippen LogP contribution in [-0.2, 0) is 0 Å². The van der Waals surface area contributed by atoms with E-state index < -0.39 is 0 Å². The highest BCUT2D eigenvalue weighted by molar-refractivity contribution is 6.30. The van der Waals surface area contributed by atoms with Crippen molar-refractivity contribution in [3.63, 3.8) is 0 Å². The topological polar surface area (TPSA) is 74.2 Å². The Morgan fingerprint density at radius 3 is 2.59 bits per heavy atom. The van der Waals surface area contributed by atoms with E-state index in [0.717, 1.165) is 5.56 Å². The quantitative estimate of drug-likeness (QED) is 0.858. The number of aromatic nitrogens is 1. The van der Waals surface area contributed by atoms with Gasteiger partial charge in [-0.1, -0.05) is 11.6 Å². The number of hydrogen-bond donors (Lipinski definition) is 2. The molecular weight excluding hydrogens is 238 g/mol. The minimum atomic E-state index is 0.258. The summed E-state index contributed by atoms with van der Waals surface area (Å²) in [5.41, 5.74) is 12.5. The van der Waals surface area contributed by atoms with E-state index in [1.54, 1.807) is 24.3 Å². The summed E-state index contributed by atoms with van der Waals surface area (Å²) in [7, 11) is 0. The smallest absolute Gasteiger partial charge is 0.221 e. The second-order valence-corrected chi connectivity index (χ2v) is 4.07. The highest BCUT2D eigenvalue weighted by Gasteiger charge is 2.04. The van der Waals surface area contributed by atoms with Crippen LogP contribution in [-0.4, -0.2) is 4.98 Å². The van der Waals surface area contributed by atoms with E-state index in [1.807, 2.05) is 13.0 Å². The molecule has 0 fully saturated rings. The van der Waals surface area contributed by atoms with E-state index in [9.17, 15) is 0 Å². The molecule has 0 saturated carbocycles. The molecule has 0 unspecified atom stereocenters. The van der Waals surface area contributed by atoms with Crippen molar-refractivity contribution in [2.75, 3.05) is 11.5 Å². The molecule has 0 aliphatic heterocycles. The highest BCUT2D eigenvalue weighted by atomic mass is 35.5. The summed E-state index contributed by atoms with van der Waals surface area (Å²) in [4.78, 5) is 4.03. The molecule has 5 heteroatoms. The molecule has 88 valence electrons. The van der Waals surface area contributed by atoms with Crippen molar-refractivity contribution < 1.29 is 4.74 Å². The number of nitrogens with two attached hydrogens (primary N) is 2. The molecule has 0 aliphatic carbocycles. The fraction of sp³-hybridized carbons (Fsp3) is 0.0833. The lowest BCUT2D eigenvalue weighted by Crippen LogP contribution is -1.99. The first-order valence-corrected chi connectivity index (χ1v) is 5.40. The van der Waals surface area contributed by atoms with Crippen molar-refractivity contribution in [2.45, 2.75) is 6.92 Å². The number of nitrogen functional groups attached to an aromatic ring is 2. The second-order valence-electron chi connectivity index (χ2n) is 3.64. The number of nitrogens with zero attached hydrogens (tertiary/aromatic N) is 1. The minimum absolute atomic E-state index is 0.258. The van der Waals surface area contributed by atoms with Crippen LogP contribution in [0.25, 0.3) is 0 Å². The van der Waals surface area contributed by atoms with Crippen molar-refractivity contribution in [3.8, 4) is 11.6 Å². The number of rotatable bonds is 2. The van der Waals surface area contributed by atoms with Gasteiger partial charge in [-0.25, -0.2) is 0 Å². The molecule has 0 saturated heterocycles. The lowest BCUT2D eigenvalue weighted by molar-refractivity contribution is 0.460. The van der Waals surface area contributed by atoms with Crippen molar-refractivity contribution in [1.82, 2.24) is 4.98 Å². The molecule has 4 nitrogen and oxygen atoms in total. The Bertz CT molecular complexity index is 557. The summed E-state index contributed by atoms with van der Waals surface area (Å²) >= 11 is 5.86. The van der Waals surface area contributed by atoms with E-state index >= 15 is 0 Å². The van der Waals surface area contributed by atoms with Crippen LogP contribution < -0.4 is 16.2 Å². The lowest BCUT2D eigenvalue weighted by atomic mass is 10.2. The first kappa shape index (κ1) is 11.5. The molecule has 2 aromatic rings. The molecule has 1 aromatic heterocycles. The fourth-order valence-electron chi connectivity index (χ4n) is 1.36. The first-order chi connectivity index (χ1) is 8.06. The minimum Gasteiger partial charge on any atom is -0.439 e. The van der Waals surface area contributed by atoms with Gasteiger partial charge in [0.15, 0.2) is 5.82 Å². The van der Waals surface area contributed by atoms with Gasteiger partial charge in [-0.3, -0.25) is 0 Å². The summed E-state index contributed by atoms with van der Waals surface area (Å²) < 4.78 is 5.59. The van der Waals surface area contributed by atoms with Crippen LogP contribution in [0.15, 0.2) is 30.3 Å². The second kappa shape index (κ2) is 4.51. The molecule has 17 heavy (non-hydrogen) atoms. The molecule has 4 N–H and O–H groups in total. The number of aryl methyl sites for hydroxylation is 1. The fourth-order valence-corrected chi connectivity index (χ4v) is 1.59. The van der Waals surface area contributed by atoms with Crippen LogP contribution in [0.3, 0.4) is 0 Å². The molecule has 0 amide bonds. The van der Waals surface area contributed by atoms with Crippen LogP contribution in [0.4, 0.5) is 11.5 Å². The van der Waals surface area contributed by atoms with E-state index in [1.165, 1.54) is 0 Å². The average molecular weight is 250 g/mol. The van der Waals surface area contributed by atoms with Crippen molar-refractivity contribution in [1.29, 1.82) is 0 Å². The van der Waals surface area contributed by atoms with Gasteiger partial charge in [-0.05, 0) is 36.8 Å². The number of ether oxygens (including phenoxy) is 1. The van der Waals surface area contributed by atoms with E-state index in [2.05, 4.69) is 4.98 Å².